The van der Waals surface area contributed by atoms with Gasteiger partial charge in [-0.25, -0.2) is 4.39 Å². The Labute approximate surface area is 160 Å². The van der Waals surface area contributed by atoms with Gasteiger partial charge in [0, 0.05) is 29.8 Å². The summed E-state index contributed by atoms with van der Waals surface area (Å²) in [6, 6.07) is 12.1. The van der Waals surface area contributed by atoms with Crippen LogP contribution in [0, 0.1) is 11.7 Å². The zero-order valence-electron chi connectivity index (χ0n) is 15.2. The van der Waals surface area contributed by atoms with Crippen molar-refractivity contribution >= 4 is 0 Å². The molecule has 2 atom stereocenters. The number of likely N-dealkylation sites (tertiary alicyclic amines) is 1. The molecular formula is C21H21F4NO2. The number of ether oxygens (including phenoxy) is 2. The first-order valence-electron chi connectivity index (χ1n) is 9.34. The maximum atomic E-state index is 14.1. The highest BCUT2D eigenvalue weighted by atomic mass is 19.4. The quantitative estimate of drug-likeness (QED) is 0.666. The normalized spacial score (nSPS) is 23.1. The van der Waals surface area contributed by atoms with Crippen LogP contribution in [0.15, 0.2) is 42.5 Å². The summed E-state index contributed by atoms with van der Waals surface area (Å²) in [6.45, 7) is 0.878. The van der Waals surface area contributed by atoms with Gasteiger partial charge in [-0.05, 0) is 31.5 Å². The molecule has 0 aromatic heterocycles. The number of piperidine rings is 1. The molecule has 0 radical (unpaired) electrons. The third-order valence-corrected chi connectivity index (χ3v) is 5.26. The summed E-state index contributed by atoms with van der Waals surface area (Å²) in [5.41, 5.74) is 1.96. The predicted octanol–water partition coefficient (Wildman–Crippen LogP) is 5.21. The van der Waals surface area contributed by atoms with Crippen molar-refractivity contribution in [2.75, 3.05) is 13.1 Å². The van der Waals surface area contributed by atoms with Crippen molar-refractivity contribution in [3.63, 3.8) is 0 Å². The number of hydrogen-bond acceptors (Lipinski definition) is 3. The van der Waals surface area contributed by atoms with Crippen LogP contribution in [0.25, 0.3) is 0 Å². The summed E-state index contributed by atoms with van der Waals surface area (Å²) >= 11 is 0. The fraction of sp³-hybridized carbons (Fsp3) is 0.429. The summed E-state index contributed by atoms with van der Waals surface area (Å²) in [5, 5.41) is 0. The van der Waals surface area contributed by atoms with Gasteiger partial charge in [0.05, 0.1) is 12.5 Å². The maximum Gasteiger partial charge on any atom is 0.393 e. The smallest absolute Gasteiger partial charge is 0.393 e. The minimum atomic E-state index is -4.21. The number of fused-ring (bicyclic) bond motifs is 1. The maximum absolute atomic E-state index is 14.1. The van der Waals surface area contributed by atoms with Gasteiger partial charge in [-0.1, -0.05) is 30.3 Å². The molecule has 2 heterocycles. The molecule has 4 rings (SSSR count). The molecule has 0 amide bonds. The second-order valence-electron chi connectivity index (χ2n) is 7.34. The Hall–Kier alpha value is -2.12. The zero-order chi connectivity index (χ0) is 19.7. The average molecular weight is 395 g/mol. The Kier molecular flexibility index (Phi) is 5.29. The summed E-state index contributed by atoms with van der Waals surface area (Å²) in [7, 11) is 0. The van der Waals surface area contributed by atoms with Crippen LogP contribution in [0.2, 0.25) is 0 Å². The van der Waals surface area contributed by atoms with Crippen LogP contribution in [-0.2, 0) is 17.9 Å². The van der Waals surface area contributed by atoms with Crippen LogP contribution in [0.5, 0.6) is 5.75 Å². The fourth-order valence-electron chi connectivity index (χ4n) is 3.88. The minimum Gasteiger partial charge on any atom is -0.460 e. The van der Waals surface area contributed by atoms with Crippen LogP contribution in [0.1, 0.15) is 35.8 Å². The SMILES string of the molecule is Fc1cc2c(c(CN3CCC[C@H](C(F)(F)F)C3)c1)O[C@@H](c1ccccc1)OC2. The Bertz CT molecular complexity index is 825. The number of hydrogen-bond donors (Lipinski definition) is 0. The van der Waals surface area contributed by atoms with Gasteiger partial charge >= 0.3 is 6.18 Å². The van der Waals surface area contributed by atoms with E-state index >= 15 is 0 Å². The molecule has 2 aliphatic heterocycles. The summed E-state index contributed by atoms with van der Waals surface area (Å²) in [6.07, 6.45) is -4.22. The van der Waals surface area contributed by atoms with Gasteiger partial charge in [-0.15, -0.1) is 0 Å². The Balaban J connectivity index is 1.56. The highest BCUT2D eigenvalue weighted by Gasteiger charge is 2.41. The molecule has 0 bridgehead atoms. The van der Waals surface area contributed by atoms with Gasteiger partial charge < -0.3 is 9.47 Å². The van der Waals surface area contributed by atoms with E-state index in [0.717, 1.165) is 5.56 Å². The largest absolute Gasteiger partial charge is 0.460 e. The Morgan fingerprint density at radius 1 is 1.11 bits per heavy atom. The third kappa shape index (κ3) is 4.15. The van der Waals surface area contributed by atoms with Crippen LogP contribution in [0.3, 0.4) is 0 Å². The molecule has 7 heteroatoms. The molecule has 1 fully saturated rings. The first kappa shape index (κ1) is 19.2. The van der Waals surface area contributed by atoms with Gasteiger partial charge in [0.15, 0.2) is 0 Å². The van der Waals surface area contributed by atoms with Crippen molar-refractivity contribution in [2.45, 2.75) is 38.5 Å². The molecule has 3 nitrogen and oxygen atoms in total. The lowest BCUT2D eigenvalue weighted by molar-refractivity contribution is -0.187. The molecular weight excluding hydrogens is 374 g/mol. The number of nitrogens with zero attached hydrogens (tertiary/aromatic N) is 1. The molecule has 0 aliphatic carbocycles. The number of benzene rings is 2. The molecule has 150 valence electrons. The van der Waals surface area contributed by atoms with Crippen molar-refractivity contribution in [2.24, 2.45) is 5.92 Å². The van der Waals surface area contributed by atoms with E-state index in [0.29, 0.717) is 29.8 Å². The number of rotatable bonds is 3. The highest BCUT2D eigenvalue weighted by Crippen LogP contribution is 2.38. The van der Waals surface area contributed by atoms with Crippen molar-refractivity contribution in [1.29, 1.82) is 0 Å². The molecule has 2 aliphatic rings. The number of alkyl halides is 3. The molecule has 2 aromatic rings. The van der Waals surface area contributed by atoms with E-state index in [-0.39, 0.29) is 26.1 Å². The molecule has 0 N–H and O–H groups in total. The van der Waals surface area contributed by atoms with Gasteiger partial charge in [0.25, 0.3) is 0 Å². The lowest BCUT2D eigenvalue weighted by Crippen LogP contribution is -2.41. The van der Waals surface area contributed by atoms with Crippen LogP contribution in [-0.4, -0.2) is 24.2 Å². The first-order chi connectivity index (χ1) is 13.4. The third-order valence-electron chi connectivity index (χ3n) is 5.26. The second-order valence-corrected chi connectivity index (χ2v) is 7.34. The van der Waals surface area contributed by atoms with Gasteiger partial charge in [-0.3, -0.25) is 4.90 Å². The van der Waals surface area contributed by atoms with Crippen molar-refractivity contribution in [3.8, 4) is 5.75 Å². The zero-order valence-corrected chi connectivity index (χ0v) is 15.2. The highest BCUT2D eigenvalue weighted by molar-refractivity contribution is 5.43. The fourth-order valence-corrected chi connectivity index (χ4v) is 3.88. The monoisotopic (exact) mass is 395 g/mol. The van der Waals surface area contributed by atoms with Gasteiger partial charge in [-0.2, -0.15) is 13.2 Å². The van der Waals surface area contributed by atoms with E-state index in [9.17, 15) is 17.6 Å². The van der Waals surface area contributed by atoms with Gasteiger partial charge in [0.2, 0.25) is 6.29 Å². The molecule has 0 spiro atoms. The van der Waals surface area contributed by atoms with E-state index in [4.69, 9.17) is 9.47 Å². The molecule has 1 saturated heterocycles. The van der Waals surface area contributed by atoms with Gasteiger partial charge in [0.1, 0.15) is 11.6 Å². The lowest BCUT2D eigenvalue weighted by Gasteiger charge is -2.35. The standard InChI is InChI=1S/C21H21F4NO2/c22-18-9-15(11-26-8-4-7-17(12-26)21(23,24)25)19-16(10-18)13-27-20(28-19)14-5-2-1-3-6-14/h1-3,5-6,9-10,17,20H,4,7-8,11-13H2/t17-,20-/m0/s1. The summed E-state index contributed by atoms with van der Waals surface area (Å²) in [4.78, 5) is 1.73. The van der Waals surface area contributed by atoms with Crippen molar-refractivity contribution in [3.05, 3.63) is 65.0 Å². The summed E-state index contributed by atoms with van der Waals surface area (Å²) in [5.74, 6) is -1.27. The average Bonchev–Trinajstić information content (AvgIpc) is 2.68. The number of halogens is 4. The molecule has 0 unspecified atom stereocenters. The Morgan fingerprint density at radius 3 is 2.64 bits per heavy atom. The van der Waals surface area contributed by atoms with Crippen molar-refractivity contribution in [1.82, 2.24) is 4.90 Å². The van der Waals surface area contributed by atoms with Crippen molar-refractivity contribution < 1.29 is 27.0 Å². The van der Waals surface area contributed by atoms with E-state index in [1.54, 1.807) is 4.90 Å². The molecule has 0 saturated carbocycles. The first-order valence-corrected chi connectivity index (χ1v) is 9.34. The molecule has 28 heavy (non-hydrogen) atoms. The van der Waals surface area contributed by atoms with E-state index in [1.165, 1.54) is 12.1 Å². The van der Waals surface area contributed by atoms with E-state index in [2.05, 4.69) is 0 Å². The second kappa shape index (κ2) is 7.72. The lowest BCUT2D eigenvalue weighted by atomic mass is 9.96. The topological polar surface area (TPSA) is 21.7 Å². The minimum absolute atomic E-state index is 0.0760. The van der Waals surface area contributed by atoms with Crippen LogP contribution < -0.4 is 4.74 Å². The summed E-state index contributed by atoms with van der Waals surface area (Å²) < 4.78 is 65.1. The van der Waals surface area contributed by atoms with Crippen LogP contribution in [0.4, 0.5) is 17.6 Å². The van der Waals surface area contributed by atoms with E-state index in [1.807, 2.05) is 30.3 Å². The Morgan fingerprint density at radius 2 is 1.89 bits per heavy atom. The predicted molar refractivity (Wildman–Crippen MR) is 95.1 cm³/mol. The van der Waals surface area contributed by atoms with Crippen LogP contribution >= 0.6 is 0 Å². The molecule has 2 aromatic carbocycles. The van der Waals surface area contributed by atoms with E-state index < -0.39 is 24.2 Å².